The number of hydrogen-bond acceptors (Lipinski definition) is 6. The molecule has 0 saturated carbocycles. The molecule has 0 saturated heterocycles. The first-order valence-corrected chi connectivity index (χ1v) is 7.71. The molecule has 1 heterocycles. The van der Waals surface area contributed by atoms with E-state index >= 15 is 0 Å². The Morgan fingerprint density at radius 3 is 2.41 bits per heavy atom. The van der Waals surface area contributed by atoms with Crippen molar-refractivity contribution in [3.63, 3.8) is 0 Å². The van der Waals surface area contributed by atoms with Gasteiger partial charge in [-0.15, -0.1) is 0 Å². The van der Waals surface area contributed by atoms with Crippen molar-refractivity contribution in [3.05, 3.63) is 36.4 Å². The number of alkyl halides is 4. The van der Waals surface area contributed by atoms with E-state index in [1.165, 1.54) is 18.2 Å². The first-order valence-electron chi connectivity index (χ1n) is 9.21. The molecule has 0 aliphatic carbocycles. The van der Waals surface area contributed by atoms with E-state index in [0.29, 0.717) is 0 Å². The first-order chi connectivity index (χ1) is 14.9. The van der Waals surface area contributed by atoms with Crippen LogP contribution in [-0.4, -0.2) is 37.1 Å². The van der Waals surface area contributed by atoms with Gasteiger partial charge in [0, 0.05) is 17.8 Å². The number of amides is 2. The highest BCUT2D eigenvalue weighted by atomic mass is 19.3. The van der Waals surface area contributed by atoms with E-state index in [9.17, 15) is 27.2 Å². The summed E-state index contributed by atoms with van der Waals surface area (Å²) in [6.45, 7) is -6.64. The number of nitrogens with zero attached hydrogens (tertiary/aromatic N) is 1. The van der Waals surface area contributed by atoms with Crippen molar-refractivity contribution in [1.29, 1.82) is 0 Å². The van der Waals surface area contributed by atoms with Gasteiger partial charge in [0.05, 0.1) is 11.2 Å². The maximum Gasteiger partial charge on any atom is 0.387 e. The third kappa shape index (κ3) is 7.16. The molecule has 0 bridgehead atoms. The zero-order valence-corrected chi connectivity index (χ0v) is 14.3. The Balaban J connectivity index is 2.00. The fourth-order valence-corrected chi connectivity index (χ4v) is 2.05. The van der Waals surface area contributed by atoms with Gasteiger partial charge in [-0.05, 0) is 18.2 Å². The Hall–Kier alpha value is -3.57. The Morgan fingerprint density at radius 2 is 1.72 bits per heavy atom. The second-order valence-corrected chi connectivity index (χ2v) is 5.15. The van der Waals surface area contributed by atoms with E-state index in [-0.39, 0.29) is 17.4 Å². The van der Waals surface area contributed by atoms with Crippen LogP contribution in [0.25, 0.3) is 0 Å². The quantitative estimate of drug-likeness (QED) is 0.477. The van der Waals surface area contributed by atoms with Gasteiger partial charge in [-0.3, -0.25) is 9.59 Å². The van der Waals surface area contributed by atoms with E-state index in [4.69, 9.17) is 4.11 Å². The maximum atomic E-state index is 12.5. The zero-order valence-electron chi connectivity index (χ0n) is 17.3. The molecule has 1 aromatic carbocycles. The van der Waals surface area contributed by atoms with Gasteiger partial charge in [-0.25, -0.2) is 0 Å². The minimum Gasteiger partial charge on any atom is -0.481 e. The number of nitrogens with one attached hydrogen (secondary N) is 2. The molecule has 2 aromatic rings. The van der Waals surface area contributed by atoms with E-state index in [0.717, 1.165) is 18.2 Å². The average Bonchev–Trinajstić information content (AvgIpc) is 2.61. The summed E-state index contributed by atoms with van der Waals surface area (Å²) in [6.07, 6.45) is -0.744. The largest absolute Gasteiger partial charge is 0.481 e. The lowest BCUT2D eigenvalue weighted by Crippen LogP contribution is -2.22. The average molecular weight is 420 g/mol. The molecular weight excluding hydrogens is 402 g/mol. The van der Waals surface area contributed by atoms with E-state index < -0.39 is 50.0 Å². The Bertz CT molecular complexity index is 963. The number of carbonyl (C=O) groups is 2. The summed E-state index contributed by atoms with van der Waals surface area (Å²) in [7, 11) is -2.75. The van der Waals surface area contributed by atoms with Crippen LogP contribution < -0.4 is 24.8 Å². The highest BCUT2D eigenvalue weighted by Crippen LogP contribution is 2.33. The molecule has 0 fully saturated rings. The minimum absolute atomic E-state index is 0.0920. The predicted molar refractivity (Wildman–Crippen MR) is 92.4 cm³/mol. The van der Waals surface area contributed by atoms with Crippen molar-refractivity contribution < 1.29 is 45.5 Å². The summed E-state index contributed by atoms with van der Waals surface area (Å²) in [4.78, 5) is 27.8. The van der Waals surface area contributed by atoms with Crippen LogP contribution in [0.2, 0.25) is 0 Å². The molecular formula is C17H15F4N3O5. The van der Waals surface area contributed by atoms with Crippen LogP contribution in [0.4, 0.5) is 29.1 Å². The second-order valence-electron chi connectivity index (χ2n) is 5.15. The molecule has 8 nitrogen and oxygen atoms in total. The number of hydrogen-bond donors (Lipinski definition) is 2. The van der Waals surface area contributed by atoms with Crippen LogP contribution in [0.15, 0.2) is 36.4 Å². The van der Waals surface area contributed by atoms with Gasteiger partial charge >= 0.3 is 13.2 Å². The summed E-state index contributed by atoms with van der Waals surface area (Å²) in [5.41, 5.74) is -0.133. The van der Waals surface area contributed by atoms with E-state index in [1.54, 1.807) is 0 Å². The highest BCUT2D eigenvalue weighted by Gasteiger charge is 2.17. The van der Waals surface area contributed by atoms with E-state index in [1.807, 2.05) is 0 Å². The number of anilines is 2. The summed E-state index contributed by atoms with van der Waals surface area (Å²) in [6, 6.07) is 6.68. The van der Waals surface area contributed by atoms with Crippen molar-refractivity contribution in [2.45, 2.75) is 19.6 Å². The van der Waals surface area contributed by atoms with Crippen LogP contribution in [0, 0.1) is 0 Å². The molecule has 0 spiro atoms. The zero-order chi connectivity index (χ0) is 23.9. The summed E-state index contributed by atoms with van der Waals surface area (Å²) in [5.74, 6) is -3.54. The second kappa shape index (κ2) is 10.1. The number of pyridine rings is 1. The summed E-state index contributed by atoms with van der Waals surface area (Å²) < 4.78 is 83.5. The number of aromatic nitrogens is 1. The highest BCUT2D eigenvalue weighted by molar-refractivity contribution is 6.07. The smallest absolute Gasteiger partial charge is 0.387 e. The number of carbonyl (C=O) groups excluding carboxylic acids is 2. The SMILES string of the molecule is [2H]C([2H])([2H])Oc1cccc(NC(=O)CC(=O)Nc2ccc(OC(F)F)c(OC(F)F)c2)n1. The van der Waals surface area contributed by atoms with Gasteiger partial charge in [-0.1, -0.05) is 6.07 Å². The van der Waals surface area contributed by atoms with Crippen molar-refractivity contribution in [1.82, 2.24) is 4.98 Å². The van der Waals surface area contributed by atoms with Gasteiger partial charge < -0.3 is 24.8 Å². The molecule has 1 aromatic heterocycles. The monoisotopic (exact) mass is 420 g/mol. The van der Waals surface area contributed by atoms with Crippen molar-refractivity contribution >= 4 is 23.3 Å². The molecule has 2 amide bonds. The molecule has 0 aliphatic heterocycles. The van der Waals surface area contributed by atoms with E-state index in [2.05, 4.69) is 29.8 Å². The lowest BCUT2D eigenvalue weighted by atomic mass is 10.2. The van der Waals surface area contributed by atoms with Crippen LogP contribution in [-0.2, 0) is 9.59 Å². The van der Waals surface area contributed by atoms with Gasteiger partial charge in [-0.2, -0.15) is 22.5 Å². The third-order valence-corrected chi connectivity index (χ3v) is 3.08. The molecule has 12 heteroatoms. The number of halogens is 4. The Labute approximate surface area is 166 Å². The number of benzene rings is 1. The fraction of sp³-hybridized carbons (Fsp3) is 0.235. The van der Waals surface area contributed by atoms with Crippen LogP contribution in [0.1, 0.15) is 10.5 Å². The molecule has 156 valence electrons. The van der Waals surface area contributed by atoms with Crippen molar-refractivity contribution in [3.8, 4) is 17.4 Å². The number of methoxy groups -OCH3 is 1. The number of rotatable bonds is 9. The predicted octanol–water partition coefficient (Wildman–Crippen LogP) is 3.26. The third-order valence-electron chi connectivity index (χ3n) is 3.08. The minimum atomic E-state index is -3.34. The molecule has 0 unspecified atom stereocenters. The molecule has 29 heavy (non-hydrogen) atoms. The molecule has 0 atom stereocenters. The van der Waals surface area contributed by atoms with Gasteiger partial charge in [0.15, 0.2) is 11.5 Å². The molecule has 0 radical (unpaired) electrons. The van der Waals surface area contributed by atoms with Crippen molar-refractivity contribution in [2.75, 3.05) is 17.7 Å². The van der Waals surface area contributed by atoms with Crippen molar-refractivity contribution in [2.24, 2.45) is 0 Å². The first kappa shape index (κ1) is 17.5. The topological polar surface area (TPSA) is 98.8 Å². The van der Waals surface area contributed by atoms with Gasteiger partial charge in [0.25, 0.3) is 0 Å². The summed E-state index contributed by atoms with van der Waals surface area (Å²) in [5, 5.41) is 4.46. The Kier molecular flexibility index (Phi) is 6.11. The Morgan fingerprint density at radius 1 is 1.03 bits per heavy atom. The van der Waals surface area contributed by atoms with Crippen LogP contribution in [0.3, 0.4) is 0 Å². The fourth-order valence-electron chi connectivity index (χ4n) is 2.05. The molecule has 0 aliphatic rings. The number of ether oxygens (including phenoxy) is 3. The lowest BCUT2D eigenvalue weighted by molar-refractivity contribution is -0.123. The van der Waals surface area contributed by atoms with Gasteiger partial charge in [0.1, 0.15) is 12.2 Å². The normalized spacial score (nSPS) is 12.6. The summed E-state index contributed by atoms with van der Waals surface area (Å²) >= 11 is 0. The molecule has 2 rings (SSSR count). The maximum absolute atomic E-state index is 12.5. The van der Waals surface area contributed by atoms with Crippen LogP contribution in [0.5, 0.6) is 17.4 Å². The lowest BCUT2D eigenvalue weighted by Gasteiger charge is -2.13. The standard InChI is InChI=1S/C17H15F4N3O5/c1-27-15-4-2-3-12(24-15)23-14(26)8-13(25)22-9-5-6-10(28-16(18)19)11(7-9)29-17(20)21/h2-7,16-17H,8H2,1H3,(H,22,25)(H,23,24,26)/i1D3. The van der Waals surface area contributed by atoms with Gasteiger partial charge in [0.2, 0.25) is 17.7 Å². The van der Waals surface area contributed by atoms with Crippen LogP contribution >= 0.6 is 0 Å². The molecule has 2 N–H and O–H groups in total.